The topological polar surface area (TPSA) is 77.0 Å². The molecule has 2 unspecified atom stereocenters. The first-order valence-electron chi connectivity index (χ1n) is 7.83. The highest BCUT2D eigenvalue weighted by Gasteiger charge is 2.21. The smallest absolute Gasteiger partial charge is 0.141 e. The van der Waals surface area contributed by atoms with Crippen LogP contribution in [0.25, 0.3) is 0 Å². The molecular formula is C18H23BrN2O2. The zero-order valence-electron chi connectivity index (χ0n) is 14.1. The summed E-state index contributed by atoms with van der Waals surface area (Å²) in [6.07, 6.45) is 2.26. The number of nitriles is 2. The Bertz CT molecular complexity index is 627. The molecule has 1 N–H and O–H groups in total. The van der Waals surface area contributed by atoms with Crippen LogP contribution < -0.4 is 4.74 Å². The third-order valence-electron chi connectivity index (χ3n) is 3.64. The molecule has 0 amide bonds. The van der Waals surface area contributed by atoms with Gasteiger partial charge < -0.3 is 9.84 Å². The maximum Gasteiger partial charge on any atom is 0.141 e. The van der Waals surface area contributed by atoms with Gasteiger partial charge in [-0.05, 0) is 54.6 Å². The normalized spacial score (nSPS) is 13.3. The molecule has 0 saturated heterocycles. The van der Waals surface area contributed by atoms with Crippen LogP contribution in [0.1, 0.15) is 69.8 Å². The molecule has 1 aromatic rings. The molecule has 23 heavy (non-hydrogen) atoms. The molecule has 0 aromatic heterocycles. The number of hydrogen-bond donors (Lipinski definition) is 1. The molecule has 0 fully saturated rings. The number of hydrogen-bond acceptors (Lipinski definition) is 4. The van der Waals surface area contributed by atoms with Gasteiger partial charge in [0.15, 0.2) is 0 Å². The van der Waals surface area contributed by atoms with Crippen LogP contribution in [0.4, 0.5) is 0 Å². The first-order valence-corrected chi connectivity index (χ1v) is 8.62. The number of halogens is 1. The average Bonchev–Trinajstić information content (AvgIpc) is 2.48. The quantitative estimate of drug-likeness (QED) is 0.735. The van der Waals surface area contributed by atoms with Crippen LogP contribution in [0.2, 0.25) is 0 Å². The van der Waals surface area contributed by atoms with Crippen molar-refractivity contribution in [3.05, 3.63) is 27.2 Å². The Labute approximate surface area is 146 Å². The minimum atomic E-state index is -0.788. The summed E-state index contributed by atoms with van der Waals surface area (Å²) in [5.41, 5.74) is 0.986. The van der Waals surface area contributed by atoms with Gasteiger partial charge in [0.25, 0.3) is 0 Å². The number of aliphatic hydroxyl groups is 1. The van der Waals surface area contributed by atoms with Crippen LogP contribution in [0.15, 0.2) is 10.5 Å². The molecule has 0 bridgehead atoms. The van der Waals surface area contributed by atoms with E-state index in [2.05, 4.69) is 29.8 Å². The van der Waals surface area contributed by atoms with Crippen molar-refractivity contribution in [2.75, 3.05) is 0 Å². The van der Waals surface area contributed by atoms with Crippen molar-refractivity contribution in [3.8, 4) is 17.9 Å². The second kappa shape index (κ2) is 8.91. The standard InChI is InChI=1S/C18H23BrN2O2/c1-11(2)6-5-7-12(3)23-18-15(13(4)22)8-14(9-20)16(10-21)17(18)19/h8,11-13,22H,5-7H2,1-4H3. The summed E-state index contributed by atoms with van der Waals surface area (Å²) < 4.78 is 6.43. The van der Waals surface area contributed by atoms with Gasteiger partial charge in [-0.3, -0.25) is 0 Å². The molecule has 0 aliphatic heterocycles. The van der Waals surface area contributed by atoms with E-state index < -0.39 is 6.10 Å². The Morgan fingerprint density at radius 2 is 1.83 bits per heavy atom. The van der Waals surface area contributed by atoms with Crippen LogP contribution in [0.3, 0.4) is 0 Å². The van der Waals surface area contributed by atoms with Gasteiger partial charge in [0, 0.05) is 5.56 Å². The third kappa shape index (κ3) is 5.23. The lowest BCUT2D eigenvalue weighted by Crippen LogP contribution is -2.15. The van der Waals surface area contributed by atoms with Crippen LogP contribution >= 0.6 is 15.9 Å². The highest BCUT2D eigenvalue weighted by atomic mass is 79.9. The van der Waals surface area contributed by atoms with Crippen molar-refractivity contribution in [2.45, 2.75) is 59.2 Å². The summed E-state index contributed by atoms with van der Waals surface area (Å²) in [6.45, 7) is 7.97. The lowest BCUT2D eigenvalue weighted by Gasteiger charge is -2.21. The Morgan fingerprint density at radius 3 is 2.30 bits per heavy atom. The number of aliphatic hydroxyl groups excluding tert-OH is 1. The predicted molar refractivity (Wildman–Crippen MR) is 93.0 cm³/mol. The minimum Gasteiger partial charge on any atom is -0.489 e. The van der Waals surface area contributed by atoms with Crippen molar-refractivity contribution in [1.82, 2.24) is 0 Å². The van der Waals surface area contributed by atoms with E-state index in [-0.39, 0.29) is 17.2 Å². The maximum atomic E-state index is 9.98. The third-order valence-corrected chi connectivity index (χ3v) is 4.40. The number of ether oxygens (including phenoxy) is 1. The molecule has 0 heterocycles. The van der Waals surface area contributed by atoms with Gasteiger partial charge in [0.2, 0.25) is 0 Å². The summed E-state index contributed by atoms with van der Waals surface area (Å²) >= 11 is 3.36. The highest BCUT2D eigenvalue weighted by molar-refractivity contribution is 9.10. The summed E-state index contributed by atoms with van der Waals surface area (Å²) in [4.78, 5) is 0. The van der Waals surface area contributed by atoms with Crippen molar-refractivity contribution in [1.29, 1.82) is 10.5 Å². The van der Waals surface area contributed by atoms with Gasteiger partial charge in [-0.25, -0.2) is 0 Å². The molecule has 2 atom stereocenters. The van der Waals surface area contributed by atoms with Gasteiger partial charge >= 0.3 is 0 Å². The summed E-state index contributed by atoms with van der Waals surface area (Å²) in [6, 6.07) is 5.54. The molecule has 0 aliphatic carbocycles. The highest BCUT2D eigenvalue weighted by Crippen LogP contribution is 2.38. The van der Waals surface area contributed by atoms with E-state index in [0.717, 1.165) is 19.3 Å². The van der Waals surface area contributed by atoms with Gasteiger partial charge in [-0.2, -0.15) is 10.5 Å². The van der Waals surface area contributed by atoms with Crippen LogP contribution in [-0.4, -0.2) is 11.2 Å². The minimum absolute atomic E-state index is 0.0398. The average molecular weight is 379 g/mol. The molecule has 0 saturated carbocycles. The lowest BCUT2D eigenvalue weighted by atomic mass is 10.0. The van der Waals surface area contributed by atoms with Gasteiger partial charge in [-0.15, -0.1) is 0 Å². The fourth-order valence-electron chi connectivity index (χ4n) is 2.35. The summed E-state index contributed by atoms with van der Waals surface area (Å²) in [7, 11) is 0. The second-order valence-corrected chi connectivity index (χ2v) is 6.98. The molecule has 1 aromatic carbocycles. The van der Waals surface area contributed by atoms with E-state index in [1.54, 1.807) is 6.92 Å². The predicted octanol–water partition coefficient (Wildman–Crippen LogP) is 4.84. The lowest BCUT2D eigenvalue weighted by molar-refractivity contribution is 0.171. The van der Waals surface area contributed by atoms with E-state index in [9.17, 15) is 15.6 Å². The zero-order valence-corrected chi connectivity index (χ0v) is 15.6. The Kier molecular flexibility index (Phi) is 7.55. The largest absolute Gasteiger partial charge is 0.489 e. The number of benzene rings is 1. The van der Waals surface area contributed by atoms with E-state index in [4.69, 9.17) is 4.74 Å². The summed E-state index contributed by atoms with van der Waals surface area (Å²) in [5, 5.41) is 28.4. The molecule has 0 radical (unpaired) electrons. The Morgan fingerprint density at radius 1 is 1.17 bits per heavy atom. The molecule has 0 aliphatic rings. The first kappa shape index (κ1) is 19.5. The fraction of sp³-hybridized carbons (Fsp3) is 0.556. The Hall–Kier alpha value is -1.56. The number of nitrogens with zero attached hydrogens (tertiary/aromatic N) is 2. The van der Waals surface area contributed by atoms with Crippen molar-refractivity contribution < 1.29 is 9.84 Å². The molecule has 0 spiro atoms. The van der Waals surface area contributed by atoms with Gasteiger partial charge in [0.1, 0.15) is 17.9 Å². The maximum absolute atomic E-state index is 9.98. The van der Waals surface area contributed by atoms with Crippen LogP contribution in [-0.2, 0) is 0 Å². The summed E-state index contributed by atoms with van der Waals surface area (Å²) in [5.74, 6) is 1.11. The molecule has 1 rings (SSSR count). The number of rotatable bonds is 7. The van der Waals surface area contributed by atoms with Crippen molar-refractivity contribution in [3.63, 3.8) is 0 Å². The molecular weight excluding hydrogens is 356 g/mol. The molecule has 124 valence electrons. The van der Waals surface area contributed by atoms with Crippen molar-refractivity contribution in [2.24, 2.45) is 5.92 Å². The Balaban J connectivity index is 3.10. The van der Waals surface area contributed by atoms with Crippen molar-refractivity contribution >= 4 is 15.9 Å². The molecule has 5 heteroatoms. The van der Waals surface area contributed by atoms with Crippen LogP contribution in [0, 0.1) is 28.6 Å². The van der Waals surface area contributed by atoms with Gasteiger partial charge in [0.05, 0.1) is 27.8 Å². The zero-order chi connectivity index (χ0) is 17.6. The van der Waals surface area contributed by atoms with Gasteiger partial charge in [-0.1, -0.05) is 20.3 Å². The monoisotopic (exact) mass is 378 g/mol. The van der Waals surface area contributed by atoms with E-state index >= 15 is 0 Å². The first-order chi connectivity index (χ1) is 10.8. The second-order valence-electron chi connectivity index (χ2n) is 6.18. The van der Waals surface area contributed by atoms with E-state index in [0.29, 0.717) is 21.7 Å². The molecule has 4 nitrogen and oxygen atoms in total. The van der Waals surface area contributed by atoms with Crippen LogP contribution in [0.5, 0.6) is 5.75 Å². The fourth-order valence-corrected chi connectivity index (χ4v) is 2.98. The van der Waals surface area contributed by atoms with E-state index in [1.807, 2.05) is 19.1 Å². The SMILES string of the molecule is CC(C)CCCC(C)Oc1c(C(C)O)cc(C#N)c(C#N)c1Br. The van der Waals surface area contributed by atoms with E-state index in [1.165, 1.54) is 6.07 Å².